The summed E-state index contributed by atoms with van der Waals surface area (Å²) < 4.78 is 0. The van der Waals surface area contributed by atoms with Crippen LogP contribution in [0.15, 0.2) is 53.5 Å². The van der Waals surface area contributed by atoms with Crippen LogP contribution in [0.3, 0.4) is 0 Å². The van der Waals surface area contributed by atoms with Gasteiger partial charge in [-0.05, 0) is 36.0 Å². The van der Waals surface area contributed by atoms with Crippen molar-refractivity contribution in [2.24, 2.45) is 10.7 Å². The summed E-state index contributed by atoms with van der Waals surface area (Å²) in [6.07, 6.45) is 6.84. The molecule has 8 heteroatoms. The summed E-state index contributed by atoms with van der Waals surface area (Å²) in [5.74, 6) is 1.12. The second-order valence-electron chi connectivity index (χ2n) is 8.95. The van der Waals surface area contributed by atoms with Gasteiger partial charge in [0, 0.05) is 12.0 Å². The van der Waals surface area contributed by atoms with Gasteiger partial charge in [0.15, 0.2) is 0 Å². The highest BCUT2D eigenvalue weighted by Gasteiger charge is 2.49. The summed E-state index contributed by atoms with van der Waals surface area (Å²) in [4.78, 5) is 31.6. The van der Waals surface area contributed by atoms with Crippen molar-refractivity contribution in [1.29, 1.82) is 0 Å². The van der Waals surface area contributed by atoms with E-state index in [4.69, 9.17) is 22.9 Å². The monoisotopic (exact) mass is 477 g/mol. The fourth-order valence-corrected chi connectivity index (χ4v) is 5.02. The zero-order valence-electron chi connectivity index (χ0n) is 19.5. The van der Waals surface area contributed by atoms with Crippen molar-refractivity contribution in [3.05, 3.63) is 59.7 Å². The molecule has 1 fully saturated rings. The van der Waals surface area contributed by atoms with E-state index in [1.807, 2.05) is 41.3 Å². The number of nitrogens with one attached hydrogen (secondary N) is 2. The Balaban J connectivity index is 1.52. The van der Waals surface area contributed by atoms with Crippen LogP contribution >= 0.6 is 12.2 Å². The number of carbonyl (C=O) groups excluding carboxylic acids is 2. The average Bonchev–Trinajstić information content (AvgIpc) is 3.42. The highest BCUT2D eigenvalue weighted by atomic mass is 32.1. The maximum absolute atomic E-state index is 13.4. The first-order valence-corrected chi connectivity index (χ1v) is 12.3. The molecule has 2 aliphatic rings. The predicted octanol–water partition coefficient (Wildman–Crippen LogP) is 4.45. The van der Waals surface area contributed by atoms with E-state index < -0.39 is 11.6 Å². The first-order valence-electron chi connectivity index (χ1n) is 11.9. The number of carbonyl (C=O) groups is 2. The molecule has 0 bridgehead atoms. The number of hydrogen-bond acceptors (Lipinski definition) is 4. The molecule has 34 heavy (non-hydrogen) atoms. The number of benzene rings is 2. The van der Waals surface area contributed by atoms with Crippen molar-refractivity contribution in [3.63, 3.8) is 0 Å². The summed E-state index contributed by atoms with van der Waals surface area (Å²) >= 11 is 5.42. The number of amides is 3. The predicted molar refractivity (Wildman–Crippen MR) is 138 cm³/mol. The number of nitrogens with zero attached hydrogens (tertiary/aromatic N) is 2. The minimum absolute atomic E-state index is 0.170. The molecule has 0 aromatic heterocycles. The largest absolute Gasteiger partial charge is 0.350 e. The smallest absolute Gasteiger partial charge is 0.330 e. The molecule has 3 amide bonds. The molecule has 1 aliphatic heterocycles. The van der Waals surface area contributed by atoms with E-state index in [1.165, 1.54) is 0 Å². The lowest BCUT2D eigenvalue weighted by atomic mass is 9.97. The number of hydrogen-bond donors (Lipinski definition) is 3. The molecule has 7 nitrogen and oxygen atoms in total. The Kier molecular flexibility index (Phi) is 7.26. The van der Waals surface area contributed by atoms with Gasteiger partial charge in [0.2, 0.25) is 0 Å². The van der Waals surface area contributed by atoms with Crippen LogP contribution in [-0.2, 0) is 11.3 Å². The van der Waals surface area contributed by atoms with Gasteiger partial charge < -0.3 is 5.73 Å². The van der Waals surface area contributed by atoms with E-state index in [2.05, 4.69) is 29.9 Å². The van der Waals surface area contributed by atoms with E-state index in [0.29, 0.717) is 11.5 Å². The number of aliphatic imine (C=N–C) groups is 1. The third kappa shape index (κ3) is 4.97. The first-order chi connectivity index (χ1) is 16.4. The molecule has 1 saturated carbocycles. The van der Waals surface area contributed by atoms with Crippen LogP contribution < -0.4 is 16.6 Å². The zero-order valence-corrected chi connectivity index (χ0v) is 20.3. The fourth-order valence-electron chi connectivity index (χ4n) is 4.79. The third-order valence-electron chi connectivity index (χ3n) is 6.56. The topological polar surface area (TPSA) is 99.8 Å². The Hall–Kier alpha value is -3.26. The van der Waals surface area contributed by atoms with Crippen molar-refractivity contribution in [2.45, 2.75) is 64.0 Å². The van der Waals surface area contributed by atoms with Gasteiger partial charge in [-0.1, -0.05) is 86.9 Å². The average molecular weight is 478 g/mol. The normalized spacial score (nSPS) is 16.6. The number of primary amides is 1. The minimum atomic E-state index is -0.707. The van der Waals surface area contributed by atoms with E-state index in [9.17, 15) is 9.59 Å². The van der Waals surface area contributed by atoms with Crippen molar-refractivity contribution < 1.29 is 9.59 Å². The van der Waals surface area contributed by atoms with E-state index in [0.717, 1.165) is 73.0 Å². The summed E-state index contributed by atoms with van der Waals surface area (Å²) in [5.41, 5.74) is 13.4. The molecule has 0 atom stereocenters. The maximum Gasteiger partial charge on any atom is 0.330 e. The number of nitrogens with two attached hydrogens (primary N) is 1. The molecular formula is C26H31N5O2S. The van der Waals surface area contributed by atoms with Crippen LogP contribution in [0.1, 0.15) is 63.0 Å². The van der Waals surface area contributed by atoms with Crippen LogP contribution in [-0.4, -0.2) is 33.2 Å². The van der Waals surface area contributed by atoms with Crippen molar-refractivity contribution in [2.75, 3.05) is 0 Å². The number of rotatable bonds is 7. The van der Waals surface area contributed by atoms with Gasteiger partial charge in [0.25, 0.3) is 5.91 Å². The van der Waals surface area contributed by atoms with Crippen molar-refractivity contribution in [3.8, 4) is 11.1 Å². The SMILES string of the molecule is CCCCC1=NC2(CCCC2)C(=O)N1Cc1ccc(-c2ccccc2C(=S)NNC(N)=O)cc1. The second-order valence-corrected chi connectivity index (χ2v) is 9.36. The Morgan fingerprint density at radius 1 is 1.12 bits per heavy atom. The van der Waals surface area contributed by atoms with Crippen LogP contribution in [0.4, 0.5) is 4.79 Å². The van der Waals surface area contributed by atoms with E-state index in [-0.39, 0.29) is 5.91 Å². The molecule has 1 aliphatic carbocycles. The molecule has 1 heterocycles. The van der Waals surface area contributed by atoms with Crippen LogP contribution in [0.25, 0.3) is 11.1 Å². The fraction of sp³-hybridized carbons (Fsp3) is 0.385. The van der Waals surface area contributed by atoms with E-state index >= 15 is 0 Å². The zero-order chi connectivity index (χ0) is 24.1. The lowest BCUT2D eigenvalue weighted by Crippen LogP contribution is -2.44. The van der Waals surface area contributed by atoms with Crippen LogP contribution in [0.2, 0.25) is 0 Å². The molecule has 0 radical (unpaired) electrons. The highest BCUT2D eigenvalue weighted by molar-refractivity contribution is 7.80. The van der Waals surface area contributed by atoms with Gasteiger partial charge in [-0.15, -0.1) is 0 Å². The number of urea groups is 1. The molecule has 4 N–H and O–H groups in total. The lowest BCUT2D eigenvalue weighted by Gasteiger charge is -2.23. The quantitative estimate of drug-likeness (QED) is 0.405. The Bertz CT molecular complexity index is 1110. The second kappa shape index (κ2) is 10.3. The van der Waals surface area contributed by atoms with Gasteiger partial charge in [-0.3, -0.25) is 25.5 Å². The summed E-state index contributed by atoms with van der Waals surface area (Å²) in [6.45, 7) is 2.70. The van der Waals surface area contributed by atoms with Crippen LogP contribution in [0, 0.1) is 0 Å². The lowest BCUT2D eigenvalue weighted by molar-refractivity contribution is -0.131. The summed E-state index contributed by atoms with van der Waals surface area (Å²) in [5, 5.41) is 0. The number of amidine groups is 1. The number of unbranched alkanes of at least 4 members (excludes halogenated alkanes) is 1. The van der Waals surface area contributed by atoms with Gasteiger partial charge in [0.05, 0.1) is 6.54 Å². The molecule has 0 unspecified atom stereocenters. The molecule has 2 aromatic carbocycles. The summed E-state index contributed by atoms with van der Waals surface area (Å²) in [6, 6.07) is 15.2. The van der Waals surface area contributed by atoms with Gasteiger partial charge in [0.1, 0.15) is 16.4 Å². The van der Waals surface area contributed by atoms with Gasteiger partial charge in [-0.25, -0.2) is 4.79 Å². The first kappa shape index (κ1) is 23.9. The third-order valence-corrected chi connectivity index (χ3v) is 6.88. The Morgan fingerprint density at radius 3 is 2.50 bits per heavy atom. The van der Waals surface area contributed by atoms with Crippen molar-refractivity contribution >= 4 is 35.0 Å². The van der Waals surface area contributed by atoms with Gasteiger partial charge in [-0.2, -0.15) is 0 Å². The molecule has 4 rings (SSSR count). The van der Waals surface area contributed by atoms with E-state index in [1.54, 1.807) is 0 Å². The van der Waals surface area contributed by atoms with Crippen molar-refractivity contribution in [1.82, 2.24) is 15.8 Å². The molecule has 1 spiro atoms. The highest BCUT2D eigenvalue weighted by Crippen LogP contribution is 2.40. The Morgan fingerprint density at radius 2 is 1.82 bits per heavy atom. The van der Waals surface area contributed by atoms with Gasteiger partial charge >= 0.3 is 6.03 Å². The van der Waals surface area contributed by atoms with Crippen LogP contribution in [0.5, 0.6) is 0 Å². The minimum Gasteiger partial charge on any atom is -0.350 e. The standard InChI is InChI=1S/C26H31N5O2S/c1-2-3-10-22-28-26(15-6-7-16-26)24(32)31(22)17-18-11-13-19(14-12-18)20-8-4-5-9-21(20)23(34)29-30-25(27)33/h4-5,8-9,11-14H,2-3,6-7,10,15-17H2,1H3,(H,29,34)(H3,27,30,33). The molecule has 178 valence electrons. The number of hydrazine groups is 1. The molecular weight excluding hydrogens is 446 g/mol. The maximum atomic E-state index is 13.4. The number of thiocarbonyl (C=S) groups is 1. The molecule has 2 aromatic rings. The molecule has 0 saturated heterocycles. The Labute approximate surface area is 205 Å². The summed E-state index contributed by atoms with van der Waals surface area (Å²) in [7, 11) is 0.